The Morgan fingerprint density at radius 1 is 1.11 bits per heavy atom. The molecule has 2 aliphatic rings. The molecular weight excluding hydrogens is 344 g/mol. The van der Waals surface area contributed by atoms with Gasteiger partial charge in [0.2, 0.25) is 0 Å². The SMILES string of the molecule is COc1ccc(OC)c(C(=O)CN2CC3CC(C2)c2cccc(=O)n2C3)c1. The van der Waals surface area contributed by atoms with Gasteiger partial charge in [-0.2, -0.15) is 0 Å². The zero-order valence-electron chi connectivity index (χ0n) is 15.7. The Bertz CT molecular complexity index is 921. The Morgan fingerprint density at radius 3 is 2.74 bits per heavy atom. The number of rotatable bonds is 5. The zero-order chi connectivity index (χ0) is 19.0. The van der Waals surface area contributed by atoms with E-state index in [1.165, 1.54) is 0 Å². The Balaban J connectivity index is 1.54. The lowest BCUT2D eigenvalue weighted by molar-refractivity contribution is 0.0814. The second kappa shape index (κ2) is 7.19. The summed E-state index contributed by atoms with van der Waals surface area (Å²) in [7, 11) is 3.15. The maximum atomic E-state index is 12.9. The van der Waals surface area contributed by atoms with Crippen LogP contribution in [-0.4, -0.2) is 49.1 Å². The molecule has 2 atom stereocenters. The van der Waals surface area contributed by atoms with Crippen LogP contribution in [0.4, 0.5) is 0 Å². The van der Waals surface area contributed by atoms with Gasteiger partial charge in [0.25, 0.3) is 5.56 Å². The van der Waals surface area contributed by atoms with Crippen molar-refractivity contribution in [3.8, 4) is 11.5 Å². The molecule has 1 aromatic carbocycles. The number of carbonyl (C=O) groups is 1. The number of ether oxygens (including phenoxy) is 2. The minimum atomic E-state index is 0.0242. The van der Waals surface area contributed by atoms with Crippen molar-refractivity contribution in [2.24, 2.45) is 5.92 Å². The average Bonchev–Trinajstić information content (AvgIpc) is 2.68. The lowest BCUT2D eigenvalue weighted by atomic mass is 9.83. The number of fused-ring (bicyclic) bond motifs is 4. The van der Waals surface area contributed by atoms with Gasteiger partial charge < -0.3 is 14.0 Å². The van der Waals surface area contributed by atoms with Crippen molar-refractivity contribution >= 4 is 5.78 Å². The molecular formula is C21H24N2O4. The monoisotopic (exact) mass is 368 g/mol. The number of pyridine rings is 1. The average molecular weight is 368 g/mol. The van der Waals surface area contributed by atoms with E-state index in [-0.39, 0.29) is 11.3 Å². The van der Waals surface area contributed by atoms with Gasteiger partial charge in [0, 0.05) is 37.3 Å². The summed E-state index contributed by atoms with van der Waals surface area (Å²) in [6.45, 7) is 2.69. The van der Waals surface area contributed by atoms with E-state index in [4.69, 9.17) is 9.47 Å². The second-order valence-electron chi connectivity index (χ2n) is 7.38. The molecule has 2 aromatic rings. The summed E-state index contributed by atoms with van der Waals surface area (Å²) in [5.41, 5.74) is 1.71. The highest BCUT2D eigenvalue weighted by Gasteiger charge is 2.35. The van der Waals surface area contributed by atoms with Gasteiger partial charge in [0.05, 0.1) is 26.3 Å². The Labute approximate surface area is 158 Å². The zero-order valence-corrected chi connectivity index (χ0v) is 15.7. The number of hydrogen-bond donors (Lipinski definition) is 0. The third-order valence-electron chi connectivity index (χ3n) is 5.63. The number of likely N-dealkylation sites (tertiary alicyclic amines) is 1. The molecule has 0 spiro atoms. The van der Waals surface area contributed by atoms with Crippen molar-refractivity contribution in [2.75, 3.05) is 33.9 Å². The molecule has 27 heavy (non-hydrogen) atoms. The number of aromatic nitrogens is 1. The first-order valence-corrected chi connectivity index (χ1v) is 9.26. The van der Waals surface area contributed by atoms with Crippen LogP contribution < -0.4 is 15.0 Å². The van der Waals surface area contributed by atoms with Crippen LogP contribution in [0.5, 0.6) is 11.5 Å². The summed E-state index contributed by atoms with van der Waals surface area (Å²) in [5.74, 6) is 1.93. The number of Topliss-reactive ketones (excluding diaryl/α,β-unsaturated/α-hetero) is 1. The van der Waals surface area contributed by atoms with E-state index in [1.54, 1.807) is 38.5 Å². The maximum absolute atomic E-state index is 12.9. The molecule has 6 heteroatoms. The Morgan fingerprint density at radius 2 is 1.96 bits per heavy atom. The van der Waals surface area contributed by atoms with Gasteiger partial charge in [-0.25, -0.2) is 0 Å². The molecule has 0 saturated carbocycles. The summed E-state index contributed by atoms with van der Waals surface area (Å²) in [5, 5.41) is 0. The molecule has 2 bridgehead atoms. The molecule has 6 nitrogen and oxygen atoms in total. The summed E-state index contributed by atoms with van der Waals surface area (Å²) in [4.78, 5) is 27.3. The van der Waals surface area contributed by atoms with Crippen LogP contribution in [0.1, 0.15) is 28.4 Å². The van der Waals surface area contributed by atoms with Gasteiger partial charge in [0.15, 0.2) is 5.78 Å². The molecule has 1 aromatic heterocycles. The molecule has 0 aliphatic carbocycles. The van der Waals surface area contributed by atoms with Crippen LogP contribution in [0.15, 0.2) is 41.2 Å². The molecule has 0 N–H and O–H groups in total. The minimum Gasteiger partial charge on any atom is -0.497 e. The first-order valence-electron chi connectivity index (χ1n) is 9.26. The maximum Gasteiger partial charge on any atom is 0.250 e. The lowest BCUT2D eigenvalue weighted by Crippen LogP contribution is -2.48. The van der Waals surface area contributed by atoms with Crippen LogP contribution in [0.25, 0.3) is 0 Å². The number of piperidine rings is 1. The summed E-state index contributed by atoms with van der Waals surface area (Å²) >= 11 is 0. The van der Waals surface area contributed by atoms with Crippen molar-refractivity contribution in [1.29, 1.82) is 0 Å². The van der Waals surface area contributed by atoms with Gasteiger partial charge in [0.1, 0.15) is 11.5 Å². The molecule has 2 unspecified atom stereocenters. The summed E-state index contributed by atoms with van der Waals surface area (Å²) < 4.78 is 12.5. The fourth-order valence-corrected chi connectivity index (χ4v) is 4.44. The van der Waals surface area contributed by atoms with Crippen LogP contribution in [0.3, 0.4) is 0 Å². The van der Waals surface area contributed by atoms with Crippen LogP contribution in [0.2, 0.25) is 0 Å². The van der Waals surface area contributed by atoms with Crippen molar-refractivity contribution in [2.45, 2.75) is 18.9 Å². The highest BCUT2D eigenvalue weighted by Crippen LogP contribution is 2.35. The quantitative estimate of drug-likeness (QED) is 0.757. The molecule has 0 amide bonds. The molecule has 2 aliphatic heterocycles. The predicted molar refractivity (Wildman–Crippen MR) is 102 cm³/mol. The van der Waals surface area contributed by atoms with E-state index in [2.05, 4.69) is 4.90 Å². The standard InChI is InChI=1S/C21H24N2O4/c1-26-16-6-7-20(27-2)17(9-16)19(24)13-22-10-14-8-15(12-22)18-4-3-5-21(25)23(18)11-14/h3-7,9,14-15H,8,10-13H2,1-2H3. The number of nitrogens with zero attached hydrogens (tertiary/aromatic N) is 2. The molecule has 1 saturated heterocycles. The molecule has 1 fully saturated rings. The third kappa shape index (κ3) is 3.37. The number of benzene rings is 1. The number of hydrogen-bond acceptors (Lipinski definition) is 5. The van der Waals surface area contributed by atoms with Gasteiger partial charge in [-0.05, 0) is 36.6 Å². The van der Waals surface area contributed by atoms with Crippen molar-refractivity contribution in [1.82, 2.24) is 9.47 Å². The van der Waals surface area contributed by atoms with E-state index < -0.39 is 0 Å². The number of carbonyl (C=O) groups excluding carboxylic acids is 1. The van der Waals surface area contributed by atoms with E-state index in [9.17, 15) is 9.59 Å². The van der Waals surface area contributed by atoms with Crippen molar-refractivity contribution in [3.63, 3.8) is 0 Å². The largest absolute Gasteiger partial charge is 0.497 e. The van der Waals surface area contributed by atoms with Crippen LogP contribution >= 0.6 is 0 Å². The normalized spacial score (nSPS) is 21.4. The fourth-order valence-electron chi connectivity index (χ4n) is 4.44. The predicted octanol–water partition coefficient (Wildman–Crippen LogP) is 2.17. The second-order valence-corrected chi connectivity index (χ2v) is 7.38. The molecule has 3 heterocycles. The van der Waals surface area contributed by atoms with E-state index in [1.807, 2.05) is 16.7 Å². The lowest BCUT2D eigenvalue weighted by Gasteiger charge is -2.42. The van der Waals surface area contributed by atoms with Gasteiger partial charge in [-0.3, -0.25) is 14.5 Å². The molecule has 142 valence electrons. The van der Waals surface area contributed by atoms with Gasteiger partial charge in [-0.15, -0.1) is 0 Å². The Kier molecular flexibility index (Phi) is 4.74. The van der Waals surface area contributed by atoms with Gasteiger partial charge >= 0.3 is 0 Å². The fraction of sp³-hybridized carbons (Fsp3) is 0.429. The number of ketones is 1. The summed E-state index contributed by atoms with van der Waals surface area (Å²) in [6.07, 6.45) is 1.08. The highest BCUT2D eigenvalue weighted by atomic mass is 16.5. The summed E-state index contributed by atoms with van der Waals surface area (Å²) in [6, 6.07) is 10.8. The first kappa shape index (κ1) is 17.8. The van der Waals surface area contributed by atoms with E-state index in [0.717, 1.165) is 31.7 Å². The number of methoxy groups -OCH3 is 2. The van der Waals surface area contributed by atoms with Crippen molar-refractivity contribution in [3.05, 3.63) is 58.0 Å². The molecule has 4 rings (SSSR count). The van der Waals surface area contributed by atoms with Crippen LogP contribution in [-0.2, 0) is 6.54 Å². The Hall–Kier alpha value is -2.60. The minimum absolute atomic E-state index is 0.0242. The van der Waals surface area contributed by atoms with Crippen LogP contribution in [0, 0.1) is 5.92 Å². The highest BCUT2D eigenvalue weighted by molar-refractivity contribution is 6.00. The van der Waals surface area contributed by atoms with Gasteiger partial charge in [-0.1, -0.05) is 6.07 Å². The van der Waals surface area contributed by atoms with E-state index in [0.29, 0.717) is 35.4 Å². The smallest absolute Gasteiger partial charge is 0.250 e. The van der Waals surface area contributed by atoms with E-state index >= 15 is 0 Å². The first-order chi connectivity index (χ1) is 13.1. The third-order valence-corrected chi connectivity index (χ3v) is 5.63. The van der Waals surface area contributed by atoms with Crippen molar-refractivity contribution < 1.29 is 14.3 Å². The molecule has 0 radical (unpaired) electrons. The topological polar surface area (TPSA) is 60.8 Å².